The van der Waals surface area contributed by atoms with E-state index in [1.54, 1.807) is 13.8 Å². The fraction of sp³-hybridized carbons (Fsp3) is 0.423. The number of benzene rings is 2. The summed E-state index contributed by atoms with van der Waals surface area (Å²) in [4.78, 5) is 17.6. The maximum Gasteiger partial charge on any atom is 0.277 e. The Hall–Kier alpha value is -3.10. The van der Waals surface area contributed by atoms with Gasteiger partial charge < -0.3 is 20.3 Å². The lowest BCUT2D eigenvalue weighted by Gasteiger charge is -2.38. The molecule has 2 aromatic carbocycles. The lowest BCUT2D eigenvalue weighted by Crippen LogP contribution is -2.39. The van der Waals surface area contributed by atoms with Gasteiger partial charge in [0, 0.05) is 5.56 Å². The molecule has 4 N–H and O–H groups in total. The molecule has 7 nitrogen and oxygen atoms in total. The summed E-state index contributed by atoms with van der Waals surface area (Å²) in [7, 11) is 0. The summed E-state index contributed by atoms with van der Waals surface area (Å²) < 4.78 is 50.6. The molecule has 194 valence electrons. The molecule has 0 radical (unpaired) electrons. The zero-order valence-electron chi connectivity index (χ0n) is 20.0. The molecule has 1 aliphatic rings. The molecule has 0 spiro atoms. The number of aliphatic hydroxyl groups excluding tert-OH is 1. The minimum Gasteiger partial charge on any atom is -0.394 e. The molecular formula is C26H29F3N2O5. The van der Waals surface area contributed by atoms with Crippen LogP contribution < -0.4 is 10.8 Å². The summed E-state index contributed by atoms with van der Waals surface area (Å²) >= 11 is 0. The van der Waals surface area contributed by atoms with Gasteiger partial charge in [-0.25, -0.2) is 18.7 Å². The number of rotatable bonds is 11. The third kappa shape index (κ3) is 6.77. The number of nitrogens with one attached hydrogen (secondary N) is 2. The van der Waals surface area contributed by atoms with Crippen molar-refractivity contribution in [1.82, 2.24) is 5.48 Å². The highest BCUT2D eigenvalue weighted by atomic mass is 19.2. The molecule has 0 heterocycles. The van der Waals surface area contributed by atoms with Gasteiger partial charge in [0.15, 0.2) is 11.6 Å². The Balaban J connectivity index is 1.92. The minimum absolute atomic E-state index is 0.0601. The third-order valence-electron chi connectivity index (χ3n) is 5.76. The van der Waals surface area contributed by atoms with Gasteiger partial charge in [0.05, 0.1) is 48.5 Å². The lowest BCUT2D eigenvalue weighted by molar-refractivity contribution is -0.102. The van der Waals surface area contributed by atoms with Crippen LogP contribution in [-0.4, -0.2) is 47.6 Å². The van der Waals surface area contributed by atoms with Crippen LogP contribution in [0.5, 0.6) is 0 Å². The van der Waals surface area contributed by atoms with Crippen molar-refractivity contribution in [3.05, 3.63) is 58.4 Å². The average molecular weight is 507 g/mol. The first-order chi connectivity index (χ1) is 17.0. The van der Waals surface area contributed by atoms with E-state index in [1.165, 1.54) is 18.2 Å². The largest absolute Gasteiger partial charge is 0.394 e. The van der Waals surface area contributed by atoms with Crippen molar-refractivity contribution in [2.45, 2.75) is 44.8 Å². The molecule has 0 bridgehead atoms. The van der Waals surface area contributed by atoms with E-state index >= 15 is 8.78 Å². The fourth-order valence-corrected chi connectivity index (χ4v) is 3.77. The maximum absolute atomic E-state index is 15.3. The van der Waals surface area contributed by atoms with Gasteiger partial charge in [0.2, 0.25) is 0 Å². The second-order valence-electron chi connectivity index (χ2n) is 9.26. The summed E-state index contributed by atoms with van der Waals surface area (Å²) in [6.45, 7) is 2.69. The number of anilines is 2. The summed E-state index contributed by atoms with van der Waals surface area (Å²) in [5, 5.41) is 21.2. The molecule has 0 aromatic heterocycles. The van der Waals surface area contributed by atoms with E-state index in [4.69, 9.17) is 21.1 Å². The number of ether oxygens (including phenoxy) is 1. The van der Waals surface area contributed by atoms with Gasteiger partial charge in [0.1, 0.15) is 5.82 Å². The van der Waals surface area contributed by atoms with E-state index in [0.29, 0.717) is 12.8 Å². The Labute approximate surface area is 207 Å². The zero-order valence-corrected chi connectivity index (χ0v) is 20.0. The van der Waals surface area contributed by atoms with Gasteiger partial charge >= 0.3 is 0 Å². The average Bonchev–Trinajstić information content (AvgIpc) is 2.81. The first-order valence-corrected chi connectivity index (χ1v) is 11.4. The smallest absolute Gasteiger partial charge is 0.277 e. The number of hydroxylamine groups is 1. The Morgan fingerprint density at radius 1 is 1.22 bits per heavy atom. The number of terminal acetylenes is 1. The second kappa shape index (κ2) is 11.8. The Bertz CT molecular complexity index is 1140. The first kappa shape index (κ1) is 27.5. The highest BCUT2D eigenvalue weighted by Gasteiger charge is 2.35. The summed E-state index contributed by atoms with van der Waals surface area (Å²) in [6, 6.07) is 4.87. The van der Waals surface area contributed by atoms with Crippen LogP contribution in [0.1, 0.15) is 48.2 Å². The highest BCUT2D eigenvalue weighted by molar-refractivity contribution is 6.00. The number of carbonyl (C=O) groups excluding carboxylic acids is 1. The third-order valence-corrected chi connectivity index (χ3v) is 5.76. The van der Waals surface area contributed by atoms with Crippen molar-refractivity contribution >= 4 is 17.3 Å². The van der Waals surface area contributed by atoms with E-state index in [9.17, 15) is 14.3 Å². The molecule has 10 heteroatoms. The highest BCUT2D eigenvalue weighted by Crippen LogP contribution is 2.37. The number of halogens is 3. The van der Waals surface area contributed by atoms with Crippen LogP contribution in [0.2, 0.25) is 0 Å². The molecule has 1 saturated carbocycles. The number of amides is 1. The number of hydrogen-bond acceptors (Lipinski definition) is 6. The van der Waals surface area contributed by atoms with Gasteiger partial charge in [-0.3, -0.25) is 9.63 Å². The van der Waals surface area contributed by atoms with Crippen LogP contribution in [0, 0.1) is 35.7 Å². The van der Waals surface area contributed by atoms with Crippen LogP contribution in [-0.2, 0) is 16.0 Å². The molecule has 0 saturated heterocycles. The van der Waals surface area contributed by atoms with E-state index in [1.807, 2.05) is 0 Å². The van der Waals surface area contributed by atoms with Crippen LogP contribution >= 0.6 is 0 Å². The van der Waals surface area contributed by atoms with Gasteiger partial charge in [0.25, 0.3) is 5.91 Å². The van der Waals surface area contributed by atoms with Crippen molar-refractivity contribution in [1.29, 1.82) is 0 Å². The second-order valence-corrected chi connectivity index (χ2v) is 9.26. The molecule has 1 fully saturated rings. The fourth-order valence-electron chi connectivity index (χ4n) is 3.77. The Morgan fingerprint density at radius 2 is 1.97 bits per heavy atom. The van der Waals surface area contributed by atoms with Gasteiger partial charge in [-0.1, -0.05) is 5.92 Å². The topological polar surface area (TPSA) is 100 Å². The van der Waals surface area contributed by atoms with Gasteiger partial charge in [-0.15, -0.1) is 6.42 Å². The lowest BCUT2D eigenvalue weighted by atomic mass is 9.77. The Kier molecular flexibility index (Phi) is 8.98. The van der Waals surface area contributed by atoms with Gasteiger partial charge in [-0.2, -0.15) is 0 Å². The molecule has 3 rings (SSSR count). The normalized spacial score (nSPS) is 17.3. The SMILES string of the molecule is C#Cc1ccc(Nc2c(C(=O)NOCCO)cc(CC3CCC3OCC(C)(C)O)c(F)c2F)c(F)c1. The quantitative estimate of drug-likeness (QED) is 0.211. The van der Waals surface area contributed by atoms with E-state index in [0.717, 1.165) is 6.07 Å². The number of aliphatic hydroxyl groups is 2. The summed E-state index contributed by atoms with van der Waals surface area (Å²) in [5.74, 6) is -2.17. The van der Waals surface area contributed by atoms with E-state index in [2.05, 4.69) is 16.7 Å². The minimum atomic E-state index is -1.37. The molecular weight excluding hydrogens is 477 g/mol. The summed E-state index contributed by atoms with van der Waals surface area (Å²) in [5.41, 5.74) is 0.0893. The van der Waals surface area contributed by atoms with E-state index < -0.39 is 34.6 Å². The predicted octanol–water partition coefficient (Wildman–Crippen LogP) is 3.59. The van der Waals surface area contributed by atoms with Crippen molar-refractivity contribution in [3.63, 3.8) is 0 Å². The van der Waals surface area contributed by atoms with Crippen molar-refractivity contribution in [2.75, 3.05) is 25.1 Å². The zero-order chi connectivity index (χ0) is 26.5. The van der Waals surface area contributed by atoms with Crippen molar-refractivity contribution in [2.24, 2.45) is 5.92 Å². The molecule has 2 aromatic rings. The standard InChI is InChI=1S/C26H29F3N2O5/c1-4-15-5-7-20(19(27)11-15)30-24-18(25(33)31-36-10-9-32)13-17(22(28)23(24)29)12-16-6-8-21(16)35-14-26(2,3)34/h1,5,7,11,13,16,21,30,32,34H,6,8-10,12,14H2,2-3H3,(H,31,33). The maximum atomic E-state index is 15.3. The predicted molar refractivity (Wildman–Crippen MR) is 127 cm³/mol. The molecule has 1 aliphatic carbocycles. The number of carbonyl (C=O) groups is 1. The summed E-state index contributed by atoms with van der Waals surface area (Å²) in [6.07, 6.45) is 6.51. The molecule has 36 heavy (non-hydrogen) atoms. The van der Waals surface area contributed by atoms with Crippen LogP contribution in [0.25, 0.3) is 0 Å². The Morgan fingerprint density at radius 3 is 2.56 bits per heavy atom. The molecule has 2 unspecified atom stereocenters. The van der Waals surface area contributed by atoms with Crippen LogP contribution in [0.15, 0.2) is 24.3 Å². The molecule has 2 atom stereocenters. The van der Waals surface area contributed by atoms with E-state index in [-0.39, 0.29) is 60.6 Å². The molecule has 0 aliphatic heterocycles. The van der Waals surface area contributed by atoms with Gasteiger partial charge in [-0.05, 0) is 68.9 Å². The monoisotopic (exact) mass is 506 g/mol. The molecule has 1 amide bonds. The van der Waals surface area contributed by atoms with Crippen LogP contribution in [0.4, 0.5) is 24.5 Å². The van der Waals surface area contributed by atoms with Crippen LogP contribution in [0.3, 0.4) is 0 Å². The number of hydrogen-bond donors (Lipinski definition) is 4. The first-order valence-electron chi connectivity index (χ1n) is 11.4. The van der Waals surface area contributed by atoms with Crippen molar-refractivity contribution < 1.29 is 37.8 Å². The van der Waals surface area contributed by atoms with Crippen molar-refractivity contribution in [3.8, 4) is 12.3 Å².